The number of nitrogens with zero attached hydrogens (tertiary/aromatic N) is 2. The van der Waals surface area contributed by atoms with E-state index >= 15 is 0 Å². The summed E-state index contributed by atoms with van der Waals surface area (Å²) in [5.74, 6) is 0.144. The third kappa shape index (κ3) is 3.95. The highest BCUT2D eigenvalue weighted by Crippen LogP contribution is 2.23. The van der Waals surface area contributed by atoms with Gasteiger partial charge in [-0.15, -0.1) is 0 Å². The van der Waals surface area contributed by atoms with Crippen LogP contribution in [0.1, 0.15) is 60.9 Å². The van der Waals surface area contributed by atoms with Gasteiger partial charge in [-0.2, -0.15) is 0 Å². The zero-order chi connectivity index (χ0) is 18.7. The third-order valence-corrected chi connectivity index (χ3v) is 5.34. The van der Waals surface area contributed by atoms with Crippen molar-refractivity contribution in [3.8, 4) is 0 Å². The van der Waals surface area contributed by atoms with E-state index in [9.17, 15) is 4.79 Å². The number of aromatic nitrogens is 1. The van der Waals surface area contributed by atoms with Gasteiger partial charge >= 0.3 is 0 Å². The highest BCUT2D eigenvalue weighted by molar-refractivity contribution is 6.00. The van der Waals surface area contributed by atoms with Gasteiger partial charge in [-0.05, 0) is 77.3 Å². The van der Waals surface area contributed by atoms with Crippen LogP contribution >= 0.6 is 0 Å². The molecule has 26 heavy (non-hydrogen) atoms. The number of ketones is 1. The molecule has 0 bridgehead atoms. The number of hydrogen-bond donors (Lipinski definition) is 1. The van der Waals surface area contributed by atoms with Gasteiger partial charge in [-0.3, -0.25) is 4.79 Å². The van der Waals surface area contributed by atoms with E-state index in [1.807, 2.05) is 13.0 Å². The van der Waals surface area contributed by atoms with Crippen molar-refractivity contribution in [1.29, 1.82) is 0 Å². The molecule has 1 aliphatic heterocycles. The average Bonchev–Trinajstić information content (AvgIpc) is 2.95. The Balaban J connectivity index is 1.62. The first-order chi connectivity index (χ1) is 12.5. The van der Waals surface area contributed by atoms with Crippen LogP contribution in [0.2, 0.25) is 0 Å². The summed E-state index contributed by atoms with van der Waals surface area (Å²) in [6.45, 7) is 11.0. The van der Waals surface area contributed by atoms with E-state index < -0.39 is 0 Å². The summed E-state index contributed by atoms with van der Waals surface area (Å²) in [5.41, 5.74) is 5.31. The normalized spacial score (nSPS) is 14.7. The predicted octanol–water partition coefficient (Wildman–Crippen LogP) is 4.97. The first-order valence-electron chi connectivity index (χ1n) is 9.78. The monoisotopic (exact) mass is 353 g/mol. The van der Waals surface area contributed by atoms with E-state index in [0.717, 1.165) is 35.7 Å². The zero-order valence-electron chi connectivity index (χ0n) is 16.5. The molecular weight excluding hydrogens is 322 g/mol. The van der Waals surface area contributed by atoms with E-state index in [4.69, 9.17) is 0 Å². The van der Waals surface area contributed by atoms with Crippen molar-refractivity contribution in [2.45, 2.75) is 53.0 Å². The minimum Gasteiger partial charge on any atom is -0.378 e. The number of carbonyl (C=O) groups excluding carboxylic acids is 1. The van der Waals surface area contributed by atoms with Crippen molar-refractivity contribution in [2.75, 3.05) is 29.9 Å². The molecule has 0 saturated carbocycles. The molecule has 1 aromatic carbocycles. The van der Waals surface area contributed by atoms with Gasteiger partial charge in [0.2, 0.25) is 0 Å². The standard InChI is InChI=1S/C22H31N3O/c1-16(2)25-17(3)14-21(18(25)4)22(26)15-23-19-8-10-20(11-9-19)24-12-6-5-7-13-24/h8-11,14,16,23H,5-7,12-13,15H2,1-4H3. The van der Waals surface area contributed by atoms with Gasteiger partial charge in [-0.1, -0.05) is 0 Å². The van der Waals surface area contributed by atoms with Crippen LogP contribution < -0.4 is 10.2 Å². The number of rotatable bonds is 6. The number of carbonyl (C=O) groups is 1. The predicted molar refractivity (Wildman–Crippen MR) is 110 cm³/mol. The molecule has 0 amide bonds. The van der Waals surface area contributed by atoms with Crippen LogP contribution in [0.5, 0.6) is 0 Å². The molecular formula is C22H31N3O. The van der Waals surface area contributed by atoms with E-state index in [0.29, 0.717) is 12.6 Å². The van der Waals surface area contributed by atoms with E-state index in [1.165, 1.54) is 24.9 Å². The minimum absolute atomic E-state index is 0.144. The van der Waals surface area contributed by atoms with E-state index in [-0.39, 0.29) is 5.78 Å². The van der Waals surface area contributed by atoms with Gasteiger partial charge in [0, 0.05) is 47.5 Å². The van der Waals surface area contributed by atoms with Crippen molar-refractivity contribution < 1.29 is 4.79 Å². The summed E-state index contributed by atoms with van der Waals surface area (Å²) in [6.07, 6.45) is 3.91. The summed E-state index contributed by atoms with van der Waals surface area (Å²) in [5, 5.41) is 3.28. The molecule has 2 aromatic rings. The van der Waals surface area contributed by atoms with Crippen LogP contribution in [0.4, 0.5) is 11.4 Å². The molecule has 3 rings (SSSR count). The Labute approximate surface area is 157 Å². The van der Waals surface area contributed by atoms with Crippen LogP contribution in [0.25, 0.3) is 0 Å². The molecule has 1 fully saturated rings. The molecule has 0 aliphatic carbocycles. The van der Waals surface area contributed by atoms with Gasteiger partial charge in [-0.25, -0.2) is 0 Å². The number of benzene rings is 1. The molecule has 1 aromatic heterocycles. The highest BCUT2D eigenvalue weighted by Gasteiger charge is 2.17. The van der Waals surface area contributed by atoms with Crippen molar-refractivity contribution in [2.24, 2.45) is 0 Å². The average molecular weight is 354 g/mol. The molecule has 140 valence electrons. The molecule has 4 heteroatoms. The molecule has 0 atom stereocenters. The fourth-order valence-electron chi connectivity index (χ4n) is 4.07. The third-order valence-electron chi connectivity index (χ3n) is 5.34. The van der Waals surface area contributed by atoms with Crippen molar-refractivity contribution in [3.05, 3.63) is 47.3 Å². The number of Topliss-reactive ketones (excluding diaryl/α,β-unsaturated/α-hetero) is 1. The fraction of sp³-hybridized carbons (Fsp3) is 0.500. The van der Waals surface area contributed by atoms with Gasteiger partial charge in [0.15, 0.2) is 5.78 Å². The van der Waals surface area contributed by atoms with E-state index in [2.05, 4.69) is 59.8 Å². The first-order valence-corrected chi connectivity index (χ1v) is 9.78. The number of anilines is 2. The van der Waals surface area contributed by atoms with Crippen LogP contribution in [-0.2, 0) is 0 Å². The fourth-order valence-corrected chi connectivity index (χ4v) is 4.07. The lowest BCUT2D eigenvalue weighted by molar-refractivity contribution is 0.101. The van der Waals surface area contributed by atoms with E-state index in [1.54, 1.807) is 0 Å². The number of nitrogens with one attached hydrogen (secondary N) is 1. The quantitative estimate of drug-likeness (QED) is 0.745. The molecule has 1 saturated heterocycles. The minimum atomic E-state index is 0.144. The lowest BCUT2D eigenvalue weighted by Crippen LogP contribution is -2.29. The Morgan fingerprint density at radius 3 is 2.31 bits per heavy atom. The molecule has 1 N–H and O–H groups in total. The number of hydrogen-bond acceptors (Lipinski definition) is 3. The molecule has 2 heterocycles. The second-order valence-corrected chi connectivity index (χ2v) is 7.62. The summed E-state index contributed by atoms with van der Waals surface area (Å²) in [6, 6.07) is 10.8. The molecule has 1 aliphatic rings. The van der Waals surface area contributed by atoms with Crippen LogP contribution in [0.3, 0.4) is 0 Å². The summed E-state index contributed by atoms with van der Waals surface area (Å²) >= 11 is 0. The second-order valence-electron chi connectivity index (χ2n) is 7.62. The topological polar surface area (TPSA) is 37.3 Å². The highest BCUT2D eigenvalue weighted by atomic mass is 16.1. The van der Waals surface area contributed by atoms with Crippen LogP contribution in [0.15, 0.2) is 30.3 Å². The lowest BCUT2D eigenvalue weighted by Gasteiger charge is -2.28. The Bertz CT molecular complexity index is 752. The maximum absolute atomic E-state index is 12.7. The summed E-state index contributed by atoms with van der Waals surface area (Å²) in [4.78, 5) is 15.1. The Hall–Kier alpha value is -2.23. The van der Waals surface area contributed by atoms with Crippen LogP contribution in [-0.4, -0.2) is 30.0 Å². The zero-order valence-corrected chi connectivity index (χ0v) is 16.5. The smallest absolute Gasteiger partial charge is 0.183 e. The lowest BCUT2D eigenvalue weighted by atomic mass is 10.1. The van der Waals surface area contributed by atoms with Crippen molar-refractivity contribution >= 4 is 17.2 Å². The molecule has 0 spiro atoms. The second kappa shape index (κ2) is 7.98. The Kier molecular flexibility index (Phi) is 5.70. The number of aryl methyl sites for hydroxylation is 1. The largest absolute Gasteiger partial charge is 0.378 e. The molecule has 0 unspecified atom stereocenters. The first kappa shape index (κ1) is 18.6. The number of piperidine rings is 1. The summed E-state index contributed by atoms with van der Waals surface area (Å²) in [7, 11) is 0. The van der Waals surface area contributed by atoms with Gasteiger partial charge in [0.25, 0.3) is 0 Å². The molecule has 4 nitrogen and oxygen atoms in total. The molecule has 0 radical (unpaired) electrons. The van der Waals surface area contributed by atoms with Crippen molar-refractivity contribution in [3.63, 3.8) is 0 Å². The maximum Gasteiger partial charge on any atom is 0.183 e. The van der Waals surface area contributed by atoms with Gasteiger partial charge in [0.05, 0.1) is 6.54 Å². The summed E-state index contributed by atoms with van der Waals surface area (Å²) < 4.78 is 2.22. The van der Waals surface area contributed by atoms with Gasteiger partial charge in [0.1, 0.15) is 0 Å². The Morgan fingerprint density at radius 1 is 1.08 bits per heavy atom. The Morgan fingerprint density at radius 2 is 1.73 bits per heavy atom. The van der Waals surface area contributed by atoms with Gasteiger partial charge < -0.3 is 14.8 Å². The van der Waals surface area contributed by atoms with Crippen molar-refractivity contribution in [1.82, 2.24) is 4.57 Å². The maximum atomic E-state index is 12.7. The van der Waals surface area contributed by atoms with Crippen LogP contribution in [0, 0.1) is 13.8 Å². The SMILES string of the molecule is Cc1cc(C(=O)CNc2ccc(N3CCCCC3)cc2)c(C)n1C(C)C.